The number of benzene rings is 1. The van der Waals surface area contributed by atoms with Crippen LogP contribution in [0.5, 0.6) is 0 Å². The Morgan fingerprint density at radius 3 is 2.43 bits per heavy atom. The monoisotopic (exact) mass is 287 g/mol. The fraction of sp³-hybridized carbons (Fsp3) is 0.438. The molecule has 1 aromatic carbocycles. The van der Waals surface area contributed by atoms with E-state index >= 15 is 0 Å². The van der Waals surface area contributed by atoms with Crippen LogP contribution in [-0.2, 0) is 14.4 Å². The summed E-state index contributed by atoms with van der Waals surface area (Å²) in [5, 5.41) is 9.08. The van der Waals surface area contributed by atoms with Crippen molar-refractivity contribution >= 4 is 17.8 Å². The molecule has 1 unspecified atom stereocenters. The van der Waals surface area contributed by atoms with E-state index in [1.807, 2.05) is 30.3 Å². The Kier molecular flexibility index (Phi) is 3.27. The third kappa shape index (κ3) is 2.22. The summed E-state index contributed by atoms with van der Waals surface area (Å²) >= 11 is 0. The SMILES string of the molecule is O=C(O)CC1(N2C(=O)CC(c3ccccc3)C2=O)CCC1. The molecule has 0 radical (unpaired) electrons. The van der Waals surface area contributed by atoms with Gasteiger partial charge in [-0.25, -0.2) is 0 Å². The molecule has 110 valence electrons. The third-order valence-electron chi connectivity index (χ3n) is 4.59. The lowest BCUT2D eigenvalue weighted by Crippen LogP contribution is -2.57. The number of carboxylic acid groups (broad SMARTS) is 1. The van der Waals surface area contributed by atoms with Crippen LogP contribution in [0.1, 0.15) is 43.6 Å². The topological polar surface area (TPSA) is 74.7 Å². The van der Waals surface area contributed by atoms with Gasteiger partial charge >= 0.3 is 5.97 Å². The predicted octanol–water partition coefficient (Wildman–Crippen LogP) is 1.93. The minimum atomic E-state index is -0.960. The van der Waals surface area contributed by atoms with Crippen molar-refractivity contribution in [3.8, 4) is 0 Å². The second kappa shape index (κ2) is 4.98. The zero-order chi connectivity index (χ0) is 15.0. The van der Waals surface area contributed by atoms with E-state index < -0.39 is 17.4 Å². The lowest BCUT2D eigenvalue weighted by Gasteiger charge is -2.46. The highest BCUT2D eigenvalue weighted by Crippen LogP contribution is 2.45. The van der Waals surface area contributed by atoms with Gasteiger partial charge in [-0.3, -0.25) is 19.3 Å². The summed E-state index contributed by atoms with van der Waals surface area (Å²) in [6.07, 6.45) is 2.05. The minimum Gasteiger partial charge on any atom is -0.481 e. The molecule has 1 atom stereocenters. The summed E-state index contributed by atoms with van der Waals surface area (Å²) in [7, 11) is 0. The van der Waals surface area contributed by atoms with Gasteiger partial charge in [-0.2, -0.15) is 0 Å². The largest absolute Gasteiger partial charge is 0.481 e. The van der Waals surface area contributed by atoms with Gasteiger partial charge in [0.25, 0.3) is 0 Å². The molecule has 0 aromatic heterocycles. The molecule has 2 amide bonds. The maximum Gasteiger partial charge on any atom is 0.305 e. The summed E-state index contributed by atoms with van der Waals surface area (Å²) < 4.78 is 0. The van der Waals surface area contributed by atoms with E-state index in [0.717, 1.165) is 12.0 Å². The third-order valence-corrected chi connectivity index (χ3v) is 4.59. The van der Waals surface area contributed by atoms with E-state index in [1.54, 1.807) is 0 Å². The number of imide groups is 1. The van der Waals surface area contributed by atoms with E-state index in [4.69, 9.17) is 5.11 Å². The summed E-state index contributed by atoms with van der Waals surface area (Å²) in [6, 6.07) is 9.21. The van der Waals surface area contributed by atoms with Crippen LogP contribution in [0.15, 0.2) is 30.3 Å². The maximum atomic E-state index is 12.6. The summed E-state index contributed by atoms with van der Waals surface area (Å²) in [6.45, 7) is 0. The lowest BCUT2D eigenvalue weighted by molar-refractivity contribution is -0.155. The van der Waals surface area contributed by atoms with E-state index in [9.17, 15) is 14.4 Å². The summed E-state index contributed by atoms with van der Waals surface area (Å²) in [5.74, 6) is -1.91. The predicted molar refractivity (Wildman–Crippen MR) is 74.5 cm³/mol. The maximum absolute atomic E-state index is 12.6. The Morgan fingerprint density at radius 1 is 1.24 bits per heavy atom. The zero-order valence-corrected chi connectivity index (χ0v) is 11.6. The summed E-state index contributed by atoms with van der Waals surface area (Å²) in [5.41, 5.74) is 0.0342. The molecule has 1 aliphatic heterocycles. The minimum absolute atomic E-state index is 0.143. The molecule has 1 heterocycles. The van der Waals surface area contributed by atoms with Crippen LogP contribution in [0.3, 0.4) is 0 Å². The van der Waals surface area contributed by atoms with E-state index in [2.05, 4.69) is 0 Å². The Labute approximate surface area is 122 Å². The Morgan fingerprint density at radius 2 is 1.90 bits per heavy atom. The molecule has 5 nitrogen and oxygen atoms in total. The van der Waals surface area contributed by atoms with Gasteiger partial charge in [0.1, 0.15) is 0 Å². The Bertz CT molecular complexity index is 592. The molecular formula is C16H17NO4. The first-order valence-corrected chi connectivity index (χ1v) is 7.17. The molecule has 1 saturated heterocycles. The molecule has 1 aromatic rings. The van der Waals surface area contributed by atoms with Crippen molar-refractivity contribution < 1.29 is 19.5 Å². The van der Waals surface area contributed by atoms with Crippen LogP contribution in [-0.4, -0.2) is 33.3 Å². The molecule has 2 fully saturated rings. The molecule has 3 rings (SSSR count). The number of aliphatic carboxylic acids is 1. The van der Waals surface area contributed by atoms with Gasteiger partial charge in [0.15, 0.2) is 0 Å². The first-order valence-electron chi connectivity index (χ1n) is 7.17. The fourth-order valence-electron chi connectivity index (χ4n) is 3.42. The zero-order valence-electron chi connectivity index (χ0n) is 11.6. The van der Waals surface area contributed by atoms with Crippen molar-refractivity contribution in [3.05, 3.63) is 35.9 Å². The van der Waals surface area contributed by atoms with Crippen molar-refractivity contribution in [1.82, 2.24) is 4.90 Å². The highest BCUT2D eigenvalue weighted by Gasteiger charge is 2.54. The second-order valence-electron chi connectivity index (χ2n) is 5.88. The van der Waals surface area contributed by atoms with Crippen LogP contribution in [0, 0.1) is 0 Å². The van der Waals surface area contributed by atoms with Crippen LogP contribution >= 0.6 is 0 Å². The van der Waals surface area contributed by atoms with Crippen molar-refractivity contribution in [3.63, 3.8) is 0 Å². The average Bonchev–Trinajstić information content (AvgIpc) is 2.71. The van der Waals surface area contributed by atoms with Crippen molar-refractivity contribution in [2.24, 2.45) is 0 Å². The van der Waals surface area contributed by atoms with Crippen LogP contribution < -0.4 is 0 Å². The average molecular weight is 287 g/mol. The van der Waals surface area contributed by atoms with Crippen LogP contribution in [0.4, 0.5) is 0 Å². The molecule has 1 N–H and O–H groups in total. The quantitative estimate of drug-likeness (QED) is 0.859. The Balaban J connectivity index is 1.89. The van der Waals surface area contributed by atoms with Gasteiger partial charge in [0.2, 0.25) is 11.8 Å². The first-order chi connectivity index (χ1) is 10.0. The fourth-order valence-corrected chi connectivity index (χ4v) is 3.42. The summed E-state index contributed by atoms with van der Waals surface area (Å²) in [4.78, 5) is 37.3. The number of amides is 2. The number of hydrogen-bond acceptors (Lipinski definition) is 3. The number of carbonyl (C=O) groups excluding carboxylic acids is 2. The van der Waals surface area contributed by atoms with E-state index in [1.165, 1.54) is 4.90 Å². The van der Waals surface area contributed by atoms with Crippen LogP contribution in [0.25, 0.3) is 0 Å². The van der Waals surface area contributed by atoms with Crippen molar-refractivity contribution in [1.29, 1.82) is 0 Å². The normalized spacial score (nSPS) is 24.0. The second-order valence-corrected chi connectivity index (χ2v) is 5.88. The Hall–Kier alpha value is -2.17. The number of hydrogen-bond donors (Lipinski definition) is 1. The molecule has 2 aliphatic rings. The highest BCUT2D eigenvalue weighted by molar-refractivity contribution is 6.07. The lowest BCUT2D eigenvalue weighted by atomic mass is 9.73. The molecule has 5 heteroatoms. The molecular weight excluding hydrogens is 270 g/mol. The van der Waals surface area contributed by atoms with E-state index in [0.29, 0.717) is 12.8 Å². The van der Waals surface area contributed by atoms with Crippen LogP contribution in [0.2, 0.25) is 0 Å². The van der Waals surface area contributed by atoms with E-state index in [-0.39, 0.29) is 24.7 Å². The standard InChI is InChI=1S/C16H17NO4/c18-13-9-12(11-5-2-1-3-6-11)15(21)17(13)16(7-4-8-16)10-14(19)20/h1-3,5-6,12H,4,7-10H2,(H,19,20). The van der Waals surface area contributed by atoms with Gasteiger partial charge in [0.05, 0.1) is 17.9 Å². The van der Waals surface area contributed by atoms with Gasteiger partial charge in [-0.05, 0) is 24.8 Å². The molecule has 21 heavy (non-hydrogen) atoms. The highest BCUT2D eigenvalue weighted by atomic mass is 16.4. The number of nitrogens with zero attached hydrogens (tertiary/aromatic N) is 1. The molecule has 1 aliphatic carbocycles. The van der Waals surface area contributed by atoms with Crippen molar-refractivity contribution in [2.75, 3.05) is 0 Å². The van der Waals surface area contributed by atoms with Crippen molar-refractivity contribution in [2.45, 2.75) is 43.6 Å². The smallest absolute Gasteiger partial charge is 0.305 e. The molecule has 0 spiro atoms. The van der Waals surface area contributed by atoms with Gasteiger partial charge in [-0.15, -0.1) is 0 Å². The number of likely N-dealkylation sites (tertiary alicyclic amines) is 1. The molecule has 1 saturated carbocycles. The number of carbonyl (C=O) groups is 3. The number of carboxylic acids is 1. The number of rotatable bonds is 4. The van der Waals surface area contributed by atoms with Gasteiger partial charge in [-0.1, -0.05) is 30.3 Å². The first kappa shape index (κ1) is 13.8. The molecule has 0 bridgehead atoms. The van der Waals surface area contributed by atoms with Gasteiger partial charge < -0.3 is 5.11 Å². The van der Waals surface area contributed by atoms with Gasteiger partial charge in [0, 0.05) is 6.42 Å².